The SMILES string of the molecule is C[Si]1(C)c2ccccc2C2(c3ccccc3-c3cccc4cccc2c34)c2ccc(N(c3ccc4c(c3)c3ccccc3n4-c3ccccc3)c3c(-c4ccccc4)cccc3-c3ccccc3)cc21. The van der Waals surface area contributed by atoms with Crippen LogP contribution in [0.2, 0.25) is 13.1 Å². The van der Waals surface area contributed by atoms with E-state index in [0.717, 1.165) is 22.7 Å². The largest absolute Gasteiger partial charge is 0.309 e. The van der Waals surface area contributed by atoms with Gasteiger partial charge in [0.15, 0.2) is 0 Å². The molecule has 12 aromatic rings. The van der Waals surface area contributed by atoms with E-state index in [2.05, 4.69) is 277 Å². The zero-order valence-corrected chi connectivity index (χ0v) is 40.1. The van der Waals surface area contributed by atoms with E-state index >= 15 is 0 Å². The number of nitrogens with zero attached hydrogens (tertiary/aromatic N) is 2. The lowest BCUT2D eigenvalue weighted by molar-refractivity contribution is 0.754. The van der Waals surface area contributed by atoms with Crippen LogP contribution in [-0.2, 0) is 5.41 Å². The minimum atomic E-state index is -2.42. The highest BCUT2D eigenvalue weighted by atomic mass is 28.3. The Kier molecular flexibility index (Phi) is 8.99. The number of fused-ring (bicyclic) bond motifs is 11. The first-order valence-electron chi connectivity index (χ1n) is 24.5. The zero-order chi connectivity index (χ0) is 46.6. The molecule has 2 heterocycles. The van der Waals surface area contributed by atoms with E-state index in [1.54, 1.807) is 0 Å². The van der Waals surface area contributed by atoms with Gasteiger partial charge in [-0.15, -0.1) is 0 Å². The molecule has 1 aliphatic carbocycles. The van der Waals surface area contributed by atoms with Crippen LogP contribution in [-0.4, -0.2) is 12.6 Å². The van der Waals surface area contributed by atoms with Crippen LogP contribution >= 0.6 is 0 Å². The Morgan fingerprint density at radius 2 is 0.900 bits per heavy atom. The number of benzene rings is 11. The molecular weight excluding hydrogens is 861 g/mol. The van der Waals surface area contributed by atoms with Crippen molar-refractivity contribution >= 4 is 68.1 Å². The van der Waals surface area contributed by atoms with Crippen molar-refractivity contribution in [3.8, 4) is 39.1 Å². The van der Waals surface area contributed by atoms with Crippen LogP contribution in [0.5, 0.6) is 0 Å². The van der Waals surface area contributed by atoms with Gasteiger partial charge in [0.2, 0.25) is 0 Å². The topological polar surface area (TPSA) is 8.17 Å². The first-order chi connectivity index (χ1) is 34.5. The fourth-order valence-electron chi connectivity index (χ4n) is 12.7. The highest BCUT2D eigenvalue weighted by Gasteiger charge is 2.52. The van der Waals surface area contributed by atoms with E-state index in [9.17, 15) is 0 Å². The smallest absolute Gasteiger partial charge is 0.113 e. The van der Waals surface area contributed by atoms with E-state index in [4.69, 9.17) is 0 Å². The molecule has 0 radical (unpaired) electrons. The molecule has 0 fully saturated rings. The van der Waals surface area contributed by atoms with Gasteiger partial charge < -0.3 is 9.47 Å². The number of hydrogen-bond acceptors (Lipinski definition) is 1. The summed E-state index contributed by atoms with van der Waals surface area (Å²) in [7, 11) is -2.42. The second-order valence-corrected chi connectivity index (χ2v) is 23.9. The summed E-state index contributed by atoms with van der Waals surface area (Å²) in [5.41, 5.74) is 19.2. The molecule has 0 amide bonds. The maximum atomic E-state index is 2.61. The van der Waals surface area contributed by atoms with Gasteiger partial charge in [0, 0.05) is 39.0 Å². The molecule has 1 aliphatic heterocycles. The molecule has 2 nitrogen and oxygen atoms in total. The van der Waals surface area contributed by atoms with Crippen molar-refractivity contribution < 1.29 is 0 Å². The molecule has 1 atom stereocenters. The molecule has 2 aliphatic rings. The van der Waals surface area contributed by atoms with Gasteiger partial charge in [0.1, 0.15) is 8.07 Å². The van der Waals surface area contributed by atoms with E-state index in [0.29, 0.717) is 0 Å². The molecule has 1 unspecified atom stereocenters. The maximum Gasteiger partial charge on any atom is 0.113 e. The predicted molar refractivity (Wildman–Crippen MR) is 298 cm³/mol. The van der Waals surface area contributed by atoms with E-state index < -0.39 is 13.5 Å². The molecule has 1 spiro atoms. The molecule has 11 aromatic carbocycles. The summed E-state index contributed by atoms with van der Waals surface area (Å²) >= 11 is 0. The highest BCUT2D eigenvalue weighted by molar-refractivity contribution is 7.01. The first-order valence-corrected chi connectivity index (χ1v) is 27.5. The summed E-state index contributed by atoms with van der Waals surface area (Å²) < 4.78 is 2.41. The normalized spacial score (nSPS) is 15.2. The lowest BCUT2D eigenvalue weighted by atomic mass is 9.59. The van der Waals surface area contributed by atoms with E-state index in [-0.39, 0.29) is 0 Å². The fourth-order valence-corrected chi connectivity index (χ4v) is 15.9. The predicted octanol–water partition coefficient (Wildman–Crippen LogP) is 16.2. The molecule has 0 N–H and O–H groups in total. The summed E-state index contributed by atoms with van der Waals surface area (Å²) in [4.78, 5) is 2.58. The van der Waals surface area contributed by atoms with Gasteiger partial charge in [-0.2, -0.15) is 0 Å². The molecular formula is C67H48N2Si. The first kappa shape index (κ1) is 40.6. The molecule has 330 valence electrons. The number of anilines is 3. The lowest BCUT2D eigenvalue weighted by Gasteiger charge is -2.50. The van der Waals surface area contributed by atoms with Crippen LogP contribution in [0.4, 0.5) is 17.1 Å². The Morgan fingerprint density at radius 1 is 0.371 bits per heavy atom. The zero-order valence-electron chi connectivity index (χ0n) is 39.1. The maximum absolute atomic E-state index is 2.61. The van der Waals surface area contributed by atoms with Crippen molar-refractivity contribution in [3.63, 3.8) is 0 Å². The van der Waals surface area contributed by atoms with Crippen LogP contribution < -0.4 is 15.3 Å². The fraction of sp³-hybridized carbons (Fsp3) is 0.0448. The summed E-state index contributed by atoms with van der Waals surface area (Å²) in [6.45, 7) is 5.15. The Bertz CT molecular complexity index is 3980. The summed E-state index contributed by atoms with van der Waals surface area (Å²) in [5, 5.41) is 8.02. The summed E-state index contributed by atoms with van der Waals surface area (Å²) in [6, 6.07) is 95.6. The number of rotatable bonds is 6. The van der Waals surface area contributed by atoms with Crippen LogP contribution in [0.3, 0.4) is 0 Å². The van der Waals surface area contributed by atoms with Gasteiger partial charge >= 0.3 is 0 Å². The van der Waals surface area contributed by atoms with Crippen molar-refractivity contribution in [1.82, 2.24) is 4.57 Å². The summed E-state index contributed by atoms with van der Waals surface area (Å²) in [5.74, 6) is 0. The average Bonchev–Trinajstić information content (AvgIpc) is 3.76. The number of para-hydroxylation sites is 3. The molecule has 0 bridgehead atoms. The Balaban J connectivity index is 1.10. The van der Waals surface area contributed by atoms with Crippen LogP contribution in [0.15, 0.2) is 255 Å². The van der Waals surface area contributed by atoms with Gasteiger partial charge in [0.05, 0.1) is 22.1 Å². The third kappa shape index (κ3) is 5.73. The third-order valence-corrected chi connectivity index (χ3v) is 19.2. The number of aromatic nitrogens is 1. The van der Waals surface area contributed by atoms with Crippen molar-refractivity contribution in [1.29, 1.82) is 0 Å². The average molecular weight is 909 g/mol. The molecule has 0 saturated heterocycles. The van der Waals surface area contributed by atoms with E-state index in [1.165, 1.54) is 98.6 Å². The monoisotopic (exact) mass is 908 g/mol. The van der Waals surface area contributed by atoms with Crippen LogP contribution in [0.25, 0.3) is 71.6 Å². The molecule has 1 aromatic heterocycles. The molecule has 0 saturated carbocycles. The Hall–Kier alpha value is -8.50. The summed E-state index contributed by atoms with van der Waals surface area (Å²) in [6.07, 6.45) is 0. The Labute approximate surface area is 410 Å². The molecule has 70 heavy (non-hydrogen) atoms. The number of hydrogen-bond donors (Lipinski definition) is 0. The van der Waals surface area contributed by atoms with Gasteiger partial charge in [-0.05, 0) is 114 Å². The minimum Gasteiger partial charge on any atom is -0.309 e. The van der Waals surface area contributed by atoms with Crippen LogP contribution in [0.1, 0.15) is 22.3 Å². The van der Waals surface area contributed by atoms with Gasteiger partial charge in [0.25, 0.3) is 0 Å². The quantitative estimate of drug-likeness (QED) is 0.151. The molecule has 3 heteroatoms. The standard InChI is InChI=1S/C67H48N2Si/c1-70(2)63-38-17-15-35-58(63)67(57-34-14-12-29-53(57)55-33-18-25-47-26-19-36-60(67)65(47)55)59-41-39-50(44-64(59)70)68(66-51(45-21-6-3-7-22-45)31-20-32-52(66)46-23-8-4-9-24-46)49-40-42-62-56(43-49)54-30-13-16-37-61(54)69(62)48-27-10-5-11-28-48/h3-44H,1-2H3. The van der Waals surface area contributed by atoms with Gasteiger partial charge in [-0.1, -0.05) is 219 Å². The van der Waals surface area contributed by atoms with Crippen molar-refractivity contribution in [2.45, 2.75) is 18.5 Å². The highest BCUT2D eigenvalue weighted by Crippen LogP contribution is 2.57. The Morgan fingerprint density at radius 3 is 1.66 bits per heavy atom. The minimum absolute atomic E-state index is 0.530. The van der Waals surface area contributed by atoms with Gasteiger partial charge in [-0.3, -0.25) is 0 Å². The third-order valence-electron chi connectivity index (χ3n) is 15.6. The van der Waals surface area contributed by atoms with Crippen molar-refractivity contribution in [2.75, 3.05) is 4.90 Å². The molecule has 14 rings (SSSR count). The van der Waals surface area contributed by atoms with Crippen molar-refractivity contribution in [2.24, 2.45) is 0 Å². The second kappa shape index (κ2) is 15.5. The van der Waals surface area contributed by atoms with Crippen LogP contribution in [0, 0.1) is 0 Å². The van der Waals surface area contributed by atoms with Gasteiger partial charge in [-0.25, -0.2) is 0 Å². The van der Waals surface area contributed by atoms with Crippen molar-refractivity contribution in [3.05, 3.63) is 277 Å². The van der Waals surface area contributed by atoms with E-state index in [1.807, 2.05) is 0 Å². The second-order valence-electron chi connectivity index (χ2n) is 19.6. The lowest BCUT2D eigenvalue weighted by Crippen LogP contribution is -2.63.